The lowest BCUT2D eigenvalue weighted by atomic mass is 9.93. The van der Waals surface area contributed by atoms with Gasteiger partial charge < -0.3 is 20.1 Å². The smallest absolute Gasteiger partial charge is 0.227 e. The number of ether oxygens (including phenoxy) is 2. The lowest BCUT2D eigenvalue weighted by Gasteiger charge is -2.31. The van der Waals surface area contributed by atoms with Crippen LogP contribution in [0.25, 0.3) is 0 Å². The molecule has 6 heteroatoms. The van der Waals surface area contributed by atoms with Crippen LogP contribution in [0.2, 0.25) is 0 Å². The standard InChI is InChI=1S/C22H26N2O3.ClH/c1-15(21(23)16-6-3-2-4-7-16)22(25)24-11-5-8-18(24)17-9-10-19-20(14-17)27-13-12-26-19;/h2-4,6-7,9-10,14-15,18,21H,5,8,11-13,23H2,1H3;1H. The van der Waals surface area contributed by atoms with Crippen molar-refractivity contribution >= 4 is 18.3 Å². The van der Waals surface area contributed by atoms with E-state index in [2.05, 4.69) is 0 Å². The van der Waals surface area contributed by atoms with E-state index in [9.17, 15) is 4.79 Å². The van der Waals surface area contributed by atoms with Crippen molar-refractivity contribution in [3.63, 3.8) is 0 Å². The molecule has 1 saturated heterocycles. The van der Waals surface area contributed by atoms with Gasteiger partial charge in [-0.2, -0.15) is 0 Å². The van der Waals surface area contributed by atoms with Crippen LogP contribution in [0, 0.1) is 5.92 Å². The summed E-state index contributed by atoms with van der Waals surface area (Å²) in [7, 11) is 0. The van der Waals surface area contributed by atoms with Crippen molar-refractivity contribution in [2.24, 2.45) is 11.7 Å². The van der Waals surface area contributed by atoms with Gasteiger partial charge in [-0.05, 0) is 36.1 Å². The van der Waals surface area contributed by atoms with E-state index in [1.807, 2.05) is 60.4 Å². The highest BCUT2D eigenvalue weighted by atomic mass is 35.5. The van der Waals surface area contributed by atoms with Gasteiger partial charge in [-0.25, -0.2) is 0 Å². The predicted octanol–water partition coefficient (Wildman–Crippen LogP) is 3.88. The third-order valence-corrected chi connectivity index (χ3v) is 5.60. The van der Waals surface area contributed by atoms with E-state index in [4.69, 9.17) is 15.2 Å². The SMILES string of the molecule is CC(C(=O)N1CCCC1c1ccc2c(c1)OCCO2)C(N)c1ccccc1.Cl. The number of benzene rings is 2. The number of halogens is 1. The van der Waals surface area contributed by atoms with Crippen LogP contribution in [-0.2, 0) is 4.79 Å². The number of amides is 1. The Bertz CT molecular complexity index is 815. The minimum Gasteiger partial charge on any atom is -0.486 e. The topological polar surface area (TPSA) is 64.8 Å². The Morgan fingerprint density at radius 3 is 2.57 bits per heavy atom. The van der Waals surface area contributed by atoms with Crippen molar-refractivity contribution in [2.75, 3.05) is 19.8 Å². The van der Waals surface area contributed by atoms with Crippen molar-refractivity contribution < 1.29 is 14.3 Å². The van der Waals surface area contributed by atoms with Crippen molar-refractivity contribution in [1.82, 2.24) is 4.90 Å². The van der Waals surface area contributed by atoms with E-state index in [1.54, 1.807) is 0 Å². The number of carbonyl (C=O) groups excluding carboxylic acids is 1. The molecule has 2 aliphatic heterocycles. The lowest BCUT2D eigenvalue weighted by molar-refractivity contribution is -0.136. The summed E-state index contributed by atoms with van der Waals surface area (Å²) in [5.74, 6) is 1.39. The molecule has 2 N–H and O–H groups in total. The molecule has 0 radical (unpaired) electrons. The molecule has 2 heterocycles. The largest absolute Gasteiger partial charge is 0.486 e. The molecule has 0 aliphatic carbocycles. The zero-order valence-electron chi connectivity index (χ0n) is 16.0. The van der Waals surface area contributed by atoms with E-state index < -0.39 is 0 Å². The Morgan fingerprint density at radius 2 is 1.82 bits per heavy atom. The van der Waals surface area contributed by atoms with Gasteiger partial charge >= 0.3 is 0 Å². The third kappa shape index (κ3) is 3.96. The van der Waals surface area contributed by atoms with Crippen LogP contribution in [0.15, 0.2) is 48.5 Å². The van der Waals surface area contributed by atoms with Crippen LogP contribution >= 0.6 is 12.4 Å². The fraction of sp³-hybridized carbons (Fsp3) is 0.409. The molecule has 3 atom stereocenters. The highest BCUT2D eigenvalue weighted by Crippen LogP contribution is 2.39. The molecule has 1 fully saturated rings. The van der Waals surface area contributed by atoms with Gasteiger partial charge in [0.05, 0.1) is 12.0 Å². The number of likely N-dealkylation sites (tertiary alicyclic amines) is 1. The molecule has 2 aromatic carbocycles. The molecule has 150 valence electrons. The second-order valence-electron chi connectivity index (χ2n) is 7.32. The summed E-state index contributed by atoms with van der Waals surface area (Å²) >= 11 is 0. The third-order valence-electron chi connectivity index (χ3n) is 5.60. The zero-order valence-corrected chi connectivity index (χ0v) is 16.9. The fourth-order valence-corrected chi connectivity index (χ4v) is 4.02. The second-order valence-corrected chi connectivity index (χ2v) is 7.32. The van der Waals surface area contributed by atoms with Gasteiger partial charge in [-0.1, -0.05) is 43.3 Å². The van der Waals surface area contributed by atoms with E-state index >= 15 is 0 Å². The summed E-state index contributed by atoms with van der Waals surface area (Å²) in [6.07, 6.45) is 1.96. The van der Waals surface area contributed by atoms with E-state index in [0.717, 1.165) is 42.0 Å². The number of nitrogens with zero attached hydrogens (tertiary/aromatic N) is 1. The molecule has 0 saturated carbocycles. The minimum absolute atomic E-state index is 0. The highest BCUT2D eigenvalue weighted by molar-refractivity contribution is 5.85. The maximum Gasteiger partial charge on any atom is 0.227 e. The van der Waals surface area contributed by atoms with Crippen molar-refractivity contribution in [1.29, 1.82) is 0 Å². The quantitative estimate of drug-likeness (QED) is 0.842. The van der Waals surface area contributed by atoms with Gasteiger partial charge in [-0.3, -0.25) is 4.79 Å². The molecule has 2 aromatic rings. The molecule has 0 spiro atoms. The van der Waals surface area contributed by atoms with Crippen molar-refractivity contribution in [3.05, 3.63) is 59.7 Å². The maximum absolute atomic E-state index is 13.2. The molecule has 0 aromatic heterocycles. The van der Waals surface area contributed by atoms with Crippen molar-refractivity contribution in [3.8, 4) is 11.5 Å². The minimum atomic E-state index is -0.305. The Balaban J connectivity index is 0.00000225. The van der Waals surface area contributed by atoms with Gasteiger partial charge in [0.25, 0.3) is 0 Å². The van der Waals surface area contributed by atoms with Crippen molar-refractivity contribution in [2.45, 2.75) is 31.8 Å². The molecule has 0 bridgehead atoms. The number of nitrogens with two attached hydrogens (primary N) is 1. The van der Waals surface area contributed by atoms with Crippen LogP contribution < -0.4 is 15.2 Å². The summed E-state index contributed by atoms with van der Waals surface area (Å²) in [4.78, 5) is 15.2. The first-order valence-corrected chi connectivity index (χ1v) is 9.65. The highest BCUT2D eigenvalue weighted by Gasteiger charge is 2.35. The molecule has 1 amide bonds. The Labute approximate surface area is 172 Å². The molecular weight excluding hydrogens is 376 g/mol. The number of fused-ring (bicyclic) bond motifs is 1. The molecule has 3 unspecified atom stereocenters. The second kappa shape index (κ2) is 8.84. The average molecular weight is 403 g/mol. The summed E-state index contributed by atoms with van der Waals surface area (Å²) < 4.78 is 11.3. The van der Waals surface area contributed by atoms with Crippen LogP contribution in [0.5, 0.6) is 11.5 Å². The maximum atomic E-state index is 13.2. The van der Waals surface area contributed by atoms with Crippen LogP contribution in [0.3, 0.4) is 0 Å². The average Bonchev–Trinajstić information content (AvgIpc) is 3.22. The number of carbonyl (C=O) groups is 1. The summed E-state index contributed by atoms with van der Waals surface area (Å²) in [6.45, 7) is 3.84. The van der Waals surface area contributed by atoms with Crippen LogP contribution in [-0.4, -0.2) is 30.6 Å². The molecular formula is C22H27ClN2O3. The van der Waals surface area contributed by atoms with Crippen LogP contribution in [0.1, 0.15) is 43.0 Å². The molecule has 4 rings (SSSR count). The van der Waals surface area contributed by atoms with Gasteiger partial charge in [0, 0.05) is 12.6 Å². The van der Waals surface area contributed by atoms with E-state index in [-0.39, 0.29) is 36.3 Å². The van der Waals surface area contributed by atoms with E-state index in [1.165, 1.54) is 0 Å². The van der Waals surface area contributed by atoms with Gasteiger partial charge in [0.15, 0.2) is 11.5 Å². The monoisotopic (exact) mass is 402 g/mol. The van der Waals surface area contributed by atoms with Gasteiger partial charge in [0.2, 0.25) is 5.91 Å². The Kier molecular flexibility index (Phi) is 6.47. The number of hydrogen-bond donors (Lipinski definition) is 1. The molecule has 2 aliphatic rings. The first kappa shape index (κ1) is 20.5. The van der Waals surface area contributed by atoms with E-state index in [0.29, 0.717) is 13.2 Å². The summed E-state index contributed by atoms with van der Waals surface area (Å²) in [6, 6.07) is 15.6. The van der Waals surface area contributed by atoms with Crippen LogP contribution in [0.4, 0.5) is 0 Å². The normalized spacial score (nSPS) is 20.2. The fourth-order valence-electron chi connectivity index (χ4n) is 4.02. The Morgan fingerprint density at radius 1 is 1.11 bits per heavy atom. The lowest BCUT2D eigenvalue weighted by Crippen LogP contribution is -2.39. The molecule has 28 heavy (non-hydrogen) atoms. The number of hydrogen-bond acceptors (Lipinski definition) is 4. The first-order valence-electron chi connectivity index (χ1n) is 9.65. The summed E-state index contributed by atoms with van der Waals surface area (Å²) in [5, 5.41) is 0. The summed E-state index contributed by atoms with van der Waals surface area (Å²) in [5.41, 5.74) is 8.49. The predicted molar refractivity (Wildman–Crippen MR) is 111 cm³/mol. The van der Waals surface area contributed by atoms with Gasteiger partial charge in [-0.15, -0.1) is 12.4 Å². The zero-order chi connectivity index (χ0) is 18.8. The van der Waals surface area contributed by atoms with Gasteiger partial charge in [0.1, 0.15) is 13.2 Å². The Hall–Kier alpha value is -2.24. The molecule has 5 nitrogen and oxygen atoms in total. The first-order chi connectivity index (χ1) is 13.1. The number of rotatable bonds is 4.